The third kappa shape index (κ3) is 4.30. The van der Waals surface area contributed by atoms with Crippen LogP contribution in [-0.4, -0.2) is 30.8 Å². The van der Waals surface area contributed by atoms with Crippen LogP contribution in [-0.2, 0) is 4.74 Å². The van der Waals surface area contributed by atoms with Gasteiger partial charge in [0, 0.05) is 37.1 Å². The highest BCUT2D eigenvalue weighted by molar-refractivity contribution is 5.21. The van der Waals surface area contributed by atoms with Crippen LogP contribution in [0.15, 0.2) is 18.3 Å². The first-order valence-electron chi connectivity index (χ1n) is 9.05. The molecule has 2 aliphatic rings. The standard InChI is InChI=1S/C19H30N2O/c1-15-3-2-11-21-19(15)17-6-4-16(5-7-17)8-12-20-18-9-13-22-14-10-18/h2-3,11,16-18,20H,4-10,12-14H2,1H3/t16-,17+. The van der Waals surface area contributed by atoms with E-state index in [2.05, 4.69) is 23.3 Å². The molecule has 1 aromatic heterocycles. The molecule has 1 saturated heterocycles. The first kappa shape index (κ1) is 15.9. The Morgan fingerprint density at radius 2 is 1.91 bits per heavy atom. The van der Waals surface area contributed by atoms with Crippen molar-refractivity contribution in [1.82, 2.24) is 10.3 Å². The van der Waals surface area contributed by atoms with Crippen LogP contribution in [0.3, 0.4) is 0 Å². The Morgan fingerprint density at radius 3 is 2.64 bits per heavy atom. The maximum Gasteiger partial charge on any atom is 0.0480 e. The van der Waals surface area contributed by atoms with E-state index < -0.39 is 0 Å². The van der Waals surface area contributed by atoms with Crippen molar-refractivity contribution < 1.29 is 4.74 Å². The number of rotatable bonds is 5. The van der Waals surface area contributed by atoms with E-state index in [1.807, 2.05) is 12.3 Å². The number of aromatic nitrogens is 1. The lowest BCUT2D eigenvalue weighted by Gasteiger charge is -2.30. The fourth-order valence-electron chi connectivity index (χ4n) is 4.04. The number of pyridine rings is 1. The molecule has 1 aliphatic carbocycles. The molecular weight excluding hydrogens is 272 g/mol. The molecule has 0 unspecified atom stereocenters. The smallest absolute Gasteiger partial charge is 0.0480 e. The average Bonchev–Trinajstić information content (AvgIpc) is 2.57. The van der Waals surface area contributed by atoms with Gasteiger partial charge >= 0.3 is 0 Å². The van der Waals surface area contributed by atoms with E-state index in [-0.39, 0.29) is 0 Å². The predicted molar refractivity (Wildman–Crippen MR) is 90.1 cm³/mol. The van der Waals surface area contributed by atoms with Crippen LogP contribution < -0.4 is 5.32 Å². The van der Waals surface area contributed by atoms with E-state index in [0.29, 0.717) is 12.0 Å². The number of ether oxygens (including phenoxy) is 1. The quantitative estimate of drug-likeness (QED) is 0.898. The van der Waals surface area contributed by atoms with Crippen molar-refractivity contribution >= 4 is 0 Å². The molecule has 0 bridgehead atoms. The molecule has 0 spiro atoms. The van der Waals surface area contributed by atoms with Gasteiger partial charge in [-0.1, -0.05) is 6.07 Å². The third-order valence-electron chi connectivity index (χ3n) is 5.49. The molecule has 0 atom stereocenters. The Labute approximate surface area is 134 Å². The second-order valence-electron chi connectivity index (χ2n) is 7.05. The Bertz CT molecular complexity index is 449. The highest BCUT2D eigenvalue weighted by Gasteiger charge is 2.24. The minimum Gasteiger partial charge on any atom is -0.381 e. The Morgan fingerprint density at radius 1 is 1.14 bits per heavy atom. The number of nitrogens with one attached hydrogen (secondary N) is 1. The molecule has 3 heteroatoms. The van der Waals surface area contributed by atoms with E-state index in [4.69, 9.17) is 4.74 Å². The minimum absolute atomic E-state index is 0.695. The summed E-state index contributed by atoms with van der Waals surface area (Å²) in [6.45, 7) is 5.26. The summed E-state index contributed by atoms with van der Waals surface area (Å²) in [5, 5.41) is 3.73. The van der Waals surface area contributed by atoms with Crippen LogP contribution >= 0.6 is 0 Å². The highest BCUT2D eigenvalue weighted by atomic mass is 16.5. The second-order valence-corrected chi connectivity index (χ2v) is 7.05. The fraction of sp³-hybridized carbons (Fsp3) is 0.737. The molecule has 1 aromatic rings. The molecule has 3 rings (SSSR count). The molecule has 1 N–H and O–H groups in total. The van der Waals surface area contributed by atoms with Crippen molar-refractivity contribution in [3.63, 3.8) is 0 Å². The number of hydrogen-bond donors (Lipinski definition) is 1. The zero-order chi connectivity index (χ0) is 15.2. The highest BCUT2D eigenvalue weighted by Crippen LogP contribution is 2.37. The molecule has 1 aliphatic heterocycles. The summed E-state index contributed by atoms with van der Waals surface area (Å²) >= 11 is 0. The predicted octanol–water partition coefficient (Wildman–Crippen LogP) is 3.82. The molecular formula is C19H30N2O. The maximum absolute atomic E-state index is 5.41. The molecule has 2 fully saturated rings. The lowest BCUT2D eigenvalue weighted by Crippen LogP contribution is -2.36. The summed E-state index contributed by atoms with van der Waals surface area (Å²) < 4.78 is 5.41. The molecule has 0 amide bonds. The maximum atomic E-state index is 5.41. The third-order valence-corrected chi connectivity index (χ3v) is 5.49. The summed E-state index contributed by atoms with van der Waals surface area (Å²) in [6, 6.07) is 4.94. The second kappa shape index (κ2) is 8.07. The Hall–Kier alpha value is -0.930. The minimum atomic E-state index is 0.695. The normalized spacial score (nSPS) is 27.0. The average molecular weight is 302 g/mol. The fourth-order valence-corrected chi connectivity index (χ4v) is 4.04. The van der Waals surface area contributed by atoms with Crippen LogP contribution in [0.25, 0.3) is 0 Å². The van der Waals surface area contributed by atoms with E-state index in [9.17, 15) is 0 Å². The Kier molecular flexibility index (Phi) is 5.85. The first-order valence-corrected chi connectivity index (χ1v) is 9.05. The number of nitrogens with zero attached hydrogens (tertiary/aromatic N) is 1. The topological polar surface area (TPSA) is 34.2 Å². The van der Waals surface area contributed by atoms with Crippen molar-refractivity contribution in [2.24, 2.45) is 5.92 Å². The van der Waals surface area contributed by atoms with Gasteiger partial charge in [-0.25, -0.2) is 0 Å². The number of aryl methyl sites for hydroxylation is 1. The van der Waals surface area contributed by atoms with Crippen LogP contribution in [0, 0.1) is 12.8 Å². The van der Waals surface area contributed by atoms with Crippen LogP contribution in [0.5, 0.6) is 0 Å². The SMILES string of the molecule is Cc1cccnc1[C@H]1CC[C@@H](CCNC2CCOCC2)CC1. The van der Waals surface area contributed by atoms with Crippen LogP contribution in [0.2, 0.25) is 0 Å². The van der Waals surface area contributed by atoms with E-state index in [1.54, 1.807) is 0 Å². The van der Waals surface area contributed by atoms with Gasteiger partial charge in [0.15, 0.2) is 0 Å². The van der Waals surface area contributed by atoms with Gasteiger partial charge in [-0.3, -0.25) is 4.98 Å². The first-order chi connectivity index (χ1) is 10.8. The van der Waals surface area contributed by atoms with E-state index in [0.717, 1.165) is 19.1 Å². The summed E-state index contributed by atoms with van der Waals surface area (Å²) in [5.74, 6) is 1.61. The Balaban J connectivity index is 1.37. The van der Waals surface area contributed by atoms with Gasteiger partial charge in [-0.15, -0.1) is 0 Å². The summed E-state index contributed by atoms with van der Waals surface area (Å²) in [4.78, 5) is 4.63. The summed E-state index contributed by atoms with van der Waals surface area (Å²) in [6.07, 6.45) is 11.0. The summed E-state index contributed by atoms with van der Waals surface area (Å²) in [7, 11) is 0. The molecule has 2 heterocycles. The van der Waals surface area contributed by atoms with Gasteiger partial charge < -0.3 is 10.1 Å². The van der Waals surface area contributed by atoms with Gasteiger partial charge in [0.1, 0.15) is 0 Å². The van der Waals surface area contributed by atoms with E-state index in [1.165, 1.54) is 62.7 Å². The summed E-state index contributed by atoms with van der Waals surface area (Å²) in [5.41, 5.74) is 2.72. The van der Waals surface area contributed by atoms with Gasteiger partial charge in [-0.05, 0) is 76.0 Å². The lowest BCUT2D eigenvalue weighted by molar-refractivity contribution is 0.0775. The zero-order valence-electron chi connectivity index (χ0n) is 13.9. The van der Waals surface area contributed by atoms with Crippen molar-refractivity contribution in [2.45, 2.75) is 63.8 Å². The number of hydrogen-bond acceptors (Lipinski definition) is 3. The van der Waals surface area contributed by atoms with E-state index >= 15 is 0 Å². The largest absolute Gasteiger partial charge is 0.381 e. The molecule has 3 nitrogen and oxygen atoms in total. The van der Waals surface area contributed by atoms with Gasteiger partial charge in [0.25, 0.3) is 0 Å². The molecule has 0 aromatic carbocycles. The van der Waals surface area contributed by atoms with Gasteiger partial charge in [0.2, 0.25) is 0 Å². The van der Waals surface area contributed by atoms with Crippen LogP contribution in [0.1, 0.15) is 62.1 Å². The molecule has 0 radical (unpaired) electrons. The van der Waals surface area contributed by atoms with Crippen LogP contribution in [0.4, 0.5) is 0 Å². The van der Waals surface area contributed by atoms with Crippen molar-refractivity contribution in [1.29, 1.82) is 0 Å². The monoisotopic (exact) mass is 302 g/mol. The molecule has 22 heavy (non-hydrogen) atoms. The zero-order valence-corrected chi connectivity index (χ0v) is 13.9. The lowest BCUT2D eigenvalue weighted by atomic mass is 9.78. The van der Waals surface area contributed by atoms with Gasteiger partial charge in [-0.2, -0.15) is 0 Å². The van der Waals surface area contributed by atoms with Crippen molar-refractivity contribution in [2.75, 3.05) is 19.8 Å². The van der Waals surface area contributed by atoms with Crippen molar-refractivity contribution in [3.8, 4) is 0 Å². The molecule has 122 valence electrons. The van der Waals surface area contributed by atoms with Gasteiger partial charge in [0.05, 0.1) is 0 Å². The molecule has 1 saturated carbocycles. The van der Waals surface area contributed by atoms with Crippen molar-refractivity contribution in [3.05, 3.63) is 29.6 Å².